The Morgan fingerprint density at radius 1 is 1.62 bits per heavy atom. The number of carboxylic acid groups (broad SMARTS) is 1. The molecule has 1 aromatic carbocycles. The minimum Gasteiger partial charge on any atom is -0.480 e. The zero-order chi connectivity index (χ0) is 9.84. The van der Waals surface area contributed by atoms with Crippen LogP contribution in [0.1, 0.15) is 5.56 Å². The number of rotatable bonds is 3. The number of carbonyl (C=O) groups is 1. The molecule has 0 heterocycles. The average molecular weight is 197 g/mol. The van der Waals surface area contributed by atoms with Gasteiger partial charge in [0.25, 0.3) is 0 Å². The van der Waals surface area contributed by atoms with Crippen LogP contribution in [0.25, 0.3) is 0 Å². The van der Waals surface area contributed by atoms with Crippen molar-refractivity contribution in [1.29, 1.82) is 0 Å². The summed E-state index contributed by atoms with van der Waals surface area (Å²) in [6, 6.07) is 6.47. The molecule has 0 saturated heterocycles. The maximum Gasteiger partial charge on any atom is 0.320 e. The SMILES string of the molecule is N[C@@H](Cc1cccc(S)c1)C(=O)O. The molecular weight excluding hydrogens is 186 g/mol. The molecule has 0 aliphatic carbocycles. The third-order valence-corrected chi connectivity index (χ3v) is 1.96. The first-order valence-corrected chi connectivity index (χ1v) is 4.30. The van der Waals surface area contributed by atoms with Crippen LogP contribution >= 0.6 is 12.6 Å². The van der Waals surface area contributed by atoms with Crippen molar-refractivity contribution in [3.8, 4) is 0 Å². The molecule has 0 spiro atoms. The van der Waals surface area contributed by atoms with Crippen LogP contribution in [0.4, 0.5) is 0 Å². The van der Waals surface area contributed by atoms with Gasteiger partial charge in [-0.3, -0.25) is 4.79 Å². The predicted molar refractivity (Wildman–Crippen MR) is 53.0 cm³/mol. The summed E-state index contributed by atoms with van der Waals surface area (Å²) < 4.78 is 0. The summed E-state index contributed by atoms with van der Waals surface area (Å²) in [5.41, 5.74) is 6.27. The third-order valence-electron chi connectivity index (χ3n) is 1.68. The van der Waals surface area contributed by atoms with E-state index in [1.54, 1.807) is 0 Å². The first kappa shape index (κ1) is 10.1. The van der Waals surface area contributed by atoms with Crippen molar-refractivity contribution < 1.29 is 9.90 Å². The van der Waals surface area contributed by atoms with Gasteiger partial charge in [-0.25, -0.2) is 0 Å². The van der Waals surface area contributed by atoms with Gasteiger partial charge in [-0.15, -0.1) is 12.6 Å². The summed E-state index contributed by atoms with van der Waals surface area (Å²) in [5, 5.41) is 8.57. The van der Waals surface area contributed by atoms with Gasteiger partial charge in [-0.2, -0.15) is 0 Å². The average Bonchev–Trinajstić information content (AvgIpc) is 2.04. The molecule has 1 aromatic rings. The van der Waals surface area contributed by atoms with E-state index in [4.69, 9.17) is 10.8 Å². The Bertz CT molecular complexity index is 314. The fraction of sp³-hybridized carbons (Fsp3) is 0.222. The molecular formula is C9H11NO2S. The van der Waals surface area contributed by atoms with E-state index >= 15 is 0 Å². The Kier molecular flexibility index (Phi) is 3.33. The molecule has 3 nitrogen and oxygen atoms in total. The van der Waals surface area contributed by atoms with Crippen LogP contribution < -0.4 is 5.73 Å². The molecule has 0 unspecified atom stereocenters. The van der Waals surface area contributed by atoms with Crippen molar-refractivity contribution in [2.24, 2.45) is 5.73 Å². The molecule has 4 heteroatoms. The fourth-order valence-electron chi connectivity index (χ4n) is 1.02. The van der Waals surface area contributed by atoms with Crippen LogP contribution in [0, 0.1) is 0 Å². The highest BCUT2D eigenvalue weighted by molar-refractivity contribution is 7.80. The first-order chi connectivity index (χ1) is 6.09. The maximum absolute atomic E-state index is 10.4. The van der Waals surface area contributed by atoms with E-state index in [0.717, 1.165) is 10.5 Å². The molecule has 70 valence electrons. The van der Waals surface area contributed by atoms with Gasteiger partial charge >= 0.3 is 5.97 Å². The van der Waals surface area contributed by atoms with Crippen molar-refractivity contribution in [3.63, 3.8) is 0 Å². The molecule has 0 aliphatic rings. The number of benzene rings is 1. The maximum atomic E-state index is 10.4. The van der Waals surface area contributed by atoms with Crippen LogP contribution in [0.3, 0.4) is 0 Å². The first-order valence-electron chi connectivity index (χ1n) is 3.86. The Labute approximate surface area is 82.0 Å². The van der Waals surface area contributed by atoms with E-state index < -0.39 is 12.0 Å². The fourth-order valence-corrected chi connectivity index (χ4v) is 1.28. The number of hydrogen-bond donors (Lipinski definition) is 3. The van der Waals surface area contributed by atoms with Crippen LogP contribution in [-0.4, -0.2) is 17.1 Å². The van der Waals surface area contributed by atoms with Crippen LogP contribution in [0.5, 0.6) is 0 Å². The highest BCUT2D eigenvalue weighted by atomic mass is 32.1. The lowest BCUT2D eigenvalue weighted by Crippen LogP contribution is -2.32. The van der Waals surface area contributed by atoms with E-state index in [2.05, 4.69) is 12.6 Å². The molecule has 3 N–H and O–H groups in total. The summed E-state index contributed by atoms with van der Waals surface area (Å²) in [6.45, 7) is 0. The number of hydrogen-bond acceptors (Lipinski definition) is 3. The molecule has 0 amide bonds. The molecule has 0 fully saturated rings. The quantitative estimate of drug-likeness (QED) is 0.632. The lowest BCUT2D eigenvalue weighted by molar-refractivity contribution is -0.138. The van der Waals surface area contributed by atoms with Crippen LogP contribution in [-0.2, 0) is 11.2 Å². The second-order valence-electron chi connectivity index (χ2n) is 2.82. The van der Waals surface area contributed by atoms with E-state index in [0.29, 0.717) is 6.42 Å². The van der Waals surface area contributed by atoms with Crippen molar-refractivity contribution in [2.75, 3.05) is 0 Å². The number of carboxylic acids is 1. The van der Waals surface area contributed by atoms with Crippen molar-refractivity contribution in [3.05, 3.63) is 29.8 Å². The Balaban J connectivity index is 2.69. The molecule has 0 aromatic heterocycles. The van der Waals surface area contributed by atoms with Gasteiger partial charge in [-0.05, 0) is 24.1 Å². The van der Waals surface area contributed by atoms with E-state index in [1.807, 2.05) is 24.3 Å². The van der Waals surface area contributed by atoms with Gasteiger partial charge in [0.05, 0.1) is 0 Å². The van der Waals surface area contributed by atoms with Crippen LogP contribution in [0.2, 0.25) is 0 Å². The summed E-state index contributed by atoms with van der Waals surface area (Å²) >= 11 is 4.14. The van der Waals surface area contributed by atoms with Crippen LogP contribution in [0.15, 0.2) is 29.2 Å². The topological polar surface area (TPSA) is 63.3 Å². The molecule has 0 bridgehead atoms. The highest BCUT2D eigenvalue weighted by Gasteiger charge is 2.11. The Morgan fingerprint density at radius 3 is 2.85 bits per heavy atom. The van der Waals surface area contributed by atoms with Crippen molar-refractivity contribution in [2.45, 2.75) is 17.4 Å². The molecule has 0 radical (unpaired) electrons. The molecule has 0 saturated carbocycles. The largest absolute Gasteiger partial charge is 0.480 e. The predicted octanol–water partition coefficient (Wildman–Crippen LogP) is 0.930. The zero-order valence-corrected chi connectivity index (χ0v) is 7.87. The van der Waals surface area contributed by atoms with Crippen molar-refractivity contribution >= 4 is 18.6 Å². The molecule has 13 heavy (non-hydrogen) atoms. The normalized spacial score (nSPS) is 12.5. The van der Waals surface area contributed by atoms with E-state index in [1.165, 1.54) is 0 Å². The lowest BCUT2D eigenvalue weighted by atomic mass is 10.1. The molecule has 1 atom stereocenters. The number of nitrogens with two attached hydrogens (primary N) is 1. The summed E-state index contributed by atoms with van der Waals surface area (Å²) in [7, 11) is 0. The van der Waals surface area contributed by atoms with Gasteiger partial charge in [0, 0.05) is 4.90 Å². The van der Waals surface area contributed by atoms with Gasteiger partial charge in [-0.1, -0.05) is 12.1 Å². The standard InChI is InChI=1S/C9H11NO2S/c10-8(9(11)12)5-6-2-1-3-7(13)4-6/h1-4,8,13H,5,10H2,(H,11,12)/t8-/m0/s1. The van der Waals surface area contributed by atoms with Gasteiger partial charge in [0.2, 0.25) is 0 Å². The summed E-state index contributed by atoms with van der Waals surface area (Å²) in [5.74, 6) is -0.982. The minimum absolute atomic E-state index is 0.337. The molecule has 1 rings (SSSR count). The summed E-state index contributed by atoms with van der Waals surface area (Å²) in [4.78, 5) is 11.3. The Hall–Kier alpha value is -1.00. The highest BCUT2D eigenvalue weighted by Crippen LogP contribution is 2.10. The van der Waals surface area contributed by atoms with Gasteiger partial charge < -0.3 is 10.8 Å². The van der Waals surface area contributed by atoms with E-state index in [9.17, 15) is 4.79 Å². The smallest absolute Gasteiger partial charge is 0.320 e. The third kappa shape index (κ3) is 3.08. The summed E-state index contributed by atoms with van der Waals surface area (Å²) in [6.07, 6.45) is 0.337. The zero-order valence-electron chi connectivity index (χ0n) is 6.97. The second-order valence-corrected chi connectivity index (χ2v) is 3.34. The second kappa shape index (κ2) is 4.30. The number of thiol groups is 1. The van der Waals surface area contributed by atoms with E-state index in [-0.39, 0.29) is 0 Å². The Morgan fingerprint density at radius 2 is 2.31 bits per heavy atom. The number of aliphatic carboxylic acids is 1. The van der Waals surface area contributed by atoms with Crippen molar-refractivity contribution in [1.82, 2.24) is 0 Å². The monoisotopic (exact) mass is 197 g/mol. The minimum atomic E-state index is -0.982. The lowest BCUT2D eigenvalue weighted by Gasteiger charge is -2.06. The van der Waals surface area contributed by atoms with Gasteiger partial charge in [0.1, 0.15) is 6.04 Å². The van der Waals surface area contributed by atoms with Gasteiger partial charge in [0.15, 0.2) is 0 Å². The molecule has 0 aliphatic heterocycles.